The molecule has 0 saturated carbocycles. The molecule has 0 unspecified atom stereocenters. The molecule has 1 aliphatic heterocycles. The zero-order valence-corrected chi connectivity index (χ0v) is 8.40. The Hall–Kier alpha value is -1.71. The van der Waals surface area contributed by atoms with E-state index in [4.69, 9.17) is 4.74 Å². The molecule has 1 heterocycles. The van der Waals surface area contributed by atoms with Crippen molar-refractivity contribution < 1.29 is 19.4 Å². The van der Waals surface area contributed by atoms with Gasteiger partial charge in [0, 0.05) is 12.5 Å². The van der Waals surface area contributed by atoms with Gasteiger partial charge in [-0.25, -0.2) is 0 Å². The largest absolute Gasteiger partial charge is 0.508 e. The molecule has 1 N–H and O–H groups in total. The molecule has 0 fully saturated rings. The number of esters is 1. The van der Waals surface area contributed by atoms with Crippen LogP contribution >= 0.6 is 0 Å². The molecule has 0 aromatic heterocycles. The van der Waals surface area contributed by atoms with E-state index < -0.39 is 0 Å². The van der Waals surface area contributed by atoms with Crippen molar-refractivity contribution in [3.05, 3.63) is 23.8 Å². The van der Waals surface area contributed by atoms with E-state index in [1.54, 1.807) is 12.1 Å². The Morgan fingerprint density at radius 3 is 3.20 bits per heavy atom. The minimum atomic E-state index is -0.281. The molecule has 15 heavy (non-hydrogen) atoms. The predicted molar refractivity (Wildman–Crippen MR) is 52.9 cm³/mol. The van der Waals surface area contributed by atoms with Crippen LogP contribution in [0.3, 0.4) is 0 Å². The number of carbonyl (C=O) groups excluding carboxylic acids is 1. The Morgan fingerprint density at radius 2 is 2.47 bits per heavy atom. The summed E-state index contributed by atoms with van der Waals surface area (Å²) < 4.78 is 10.1. The number of phenols is 1. The highest BCUT2D eigenvalue weighted by Crippen LogP contribution is 2.32. The summed E-state index contributed by atoms with van der Waals surface area (Å²) in [6.45, 7) is 0. The molecule has 1 aromatic carbocycles. The number of carbonyl (C=O) groups is 1. The van der Waals surface area contributed by atoms with Crippen molar-refractivity contribution in [3.8, 4) is 11.5 Å². The maximum atomic E-state index is 11.0. The molecule has 4 heteroatoms. The molecule has 0 amide bonds. The summed E-state index contributed by atoms with van der Waals surface area (Å²) in [7, 11) is 1.36. The summed E-state index contributed by atoms with van der Waals surface area (Å²) >= 11 is 0. The van der Waals surface area contributed by atoms with Gasteiger partial charge in [0.15, 0.2) is 0 Å². The van der Waals surface area contributed by atoms with E-state index in [9.17, 15) is 9.90 Å². The van der Waals surface area contributed by atoms with E-state index in [1.807, 2.05) is 6.07 Å². The molecule has 0 saturated heterocycles. The van der Waals surface area contributed by atoms with Crippen molar-refractivity contribution in [2.75, 3.05) is 7.11 Å². The van der Waals surface area contributed by atoms with Gasteiger partial charge in [-0.15, -0.1) is 0 Å². The van der Waals surface area contributed by atoms with Crippen LogP contribution in [0.2, 0.25) is 0 Å². The minimum absolute atomic E-state index is 0.172. The highest BCUT2D eigenvalue weighted by Gasteiger charge is 2.25. The maximum absolute atomic E-state index is 11.0. The predicted octanol–water partition coefficient (Wildman–Crippen LogP) is 1.26. The maximum Gasteiger partial charge on any atom is 0.309 e. The summed E-state index contributed by atoms with van der Waals surface area (Å²) in [6, 6.07) is 4.98. The van der Waals surface area contributed by atoms with Crippen molar-refractivity contribution >= 4 is 5.97 Å². The molecule has 0 spiro atoms. The second-order valence-corrected chi connectivity index (χ2v) is 3.52. The van der Waals surface area contributed by atoms with Gasteiger partial charge in [0.1, 0.15) is 17.6 Å². The molecular weight excluding hydrogens is 196 g/mol. The highest BCUT2D eigenvalue weighted by atomic mass is 16.5. The number of hydrogen-bond acceptors (Lipinski definition) is 4. The van der Waals surface area contributed by atoms with Gasteiger partial charge in [0.25, 0.3) is 0 Å². The second-order valence-electron chi connectivity index (χ2n) is 3.52. The van der Waals surface area contributed by atoms with Crippen LogP contribution in [0.1, 0.15) is 12.0 Å². The van der Waals surface area contributed by atoms with Gasteiger partial charge >= 0.3 is 5.97 Å². The fraction of sp³-hybridized carbons (Fsp3) is 0.364. The smallest absolute Gasteiger partial charge is 0.309 e. The summed E-state index contributed by atoms with van der Waals surface area (Å²) in [5.41, 5.74) is 1.02. The molecule has 0 bridgehead atoms. The summed E-state index contributed by atoms with van der Waals surface area (Å²) in [6.07, 6.45) is 0.755. The zero-order valence-electron chi connectivity index (χ0n) is 8.40. The molecule has 1 atom stereocenters. The van der Waals surface area contributed by atoms with E-state index in [-0.39, 0.29) is 24.2 Å². The number of fused-ring (bicyclic) bond motifs is 1. The number of benzene rings is 1. The molecule has 80 valence electrons. The van der Waals surface area contributed by atoms with Gasteiger partial charge in [-0.2, -0.15) is 0 Å². The molecular formula is C11H12O4. The average Bonchev–Trinajstić information content (AvgIpc) is 2.59. The normalized spacial score (nSPS) is 18.1. The summed E-state index contributed by atoms with van der Waals surface area (Å²) in [5.74, 6) is 0.549. The first-order chi connectivity index (χ1) is 7.19. The van der Waals surface area contributed by atoms with Crippen molar-refractivity contribution in [2.24, 2.45) is 0 Å². The lowest BCUT2D eigenvalue weighted by Gasteiger charge is -2.08. The first kappa shape index (κ1) is 9.83. The topological polar surface area (TPSA) is 55.8 Å². The lowest BCUT2D eigenvalue weighted by molar-refractivity contribution is -0.142. The average molecular weight is 208 g/mol. The van der Waals surface area contributed by atoms with Crippen molar-refractivity contribution in [2.45, 2.75) is 18.9 Å². The Balaban J connectivity index is 2.06. The molecule has 2 rings (SSSR count). The molecule has 0 radical (unpaired) electrons. The third-order valence-electron chi connectivity index (χ3n) is 2.41. The van der Waals surface area contributed by atoms with Crippen molar-refractivity contribution in [1.29, 1.82) is 0 Å². The van der Waals surface area contributed by atoms with Gasteiger partial charge in [-0.3, -0.25) is 4.79 Å². The quantitative estimate of drug-likeness (QED) is 0.743. The van der Waals surface area contributed by atoms with E-state index in [1.165, 1.54) is 7.11 Å². The van der Waals surface area contributed by atoms with Crippen LogP contribution in [0.15, 0.2) is 18.2 Å². The number of hydrogen-bond donors (Lipinski definition) is 1. The summed E-state index contributed by atoms with van der Waals surface area (Å²) in [4.78, 5) is 11.0. The number of methoxy groups -OCH3 is 1. The number of phenolic OH excluding ortho intramolecular Hbond substituents is 1. The zero-order chi connectivity index (χ0) is 10.8. The lowest BCUT2D eigenvalue weighted by atomic mass is 10.1. The summed E-state index contributed by atoms with van der Waals surface area (Å²) in [5, 5.41) is 9.24. The minimum Gasteiger partial charge on any atom is -0.508 e. The van der Waals surface area contributed by atoms with Gasteiger partial charge in [0.2, 0.25) is 0 Å². The Labute approximate surface area is 87.4 Å². The molecule has 1 aliphatic rings. The number of aromatic hydroxyl groups is 1. The van der Waals surface area contributed by atoms with Gasteiger partial charge < -0.3 is 14.6 Å². The van der Waals surface area contributed by atoms with Gasteiger partial charge in [0.05, 0.1) is 13.5 Å². The van der Waals surface area contributed by atoms with Crippen LogP contribution in [-0.2, 0) is 16.0 Å². The lowest BCUT2D eigenvalue weighted by Crippen LogP contribution is -2.18. The van der Waals surface area contributed by atoms with Crippen LogP contribution in [-0.4, -0.2) is 24.3 Å². The number of ether oxygens (including phenoxy) is 2. The fourth-order valence-electron chi connectivity index (χ4n) is 1.67. The van der Waals surface area contributed by atoms with Crippen LogP contribution in [0, 0.1) is 0 Å². The number of rotatable bonds is 2. The molecule has 0 aliphatic carbocycles. The van der Waals surface area contributed by atoms with Gasteiger partial charge in [-0.1, -0.05) is 6.07 Å². The molecule has 1 aromatic rings. The second kappa shape index (κ2) is 3.81. The van der Waals surface area contributed by atoms with E-state index in [0.717, 1.165) is 5.56 Å². The monoisotopic (exact) mass is 208 g/mol. The Morgan fingerprint density at radius 1 is 1.67 bits per heavy atom. The molecule has 4 nitrogen and oxygen atoms in total. The fourth-order valence-corrected chi connectivity index (χ4v) is 1.67. The first-order valence-electron chi connectivity index (χ1n) is 4.74. The first-order valence-corrected chi connectivity index (χ1v) is 4.74. The standard InChI is InChI=1S/C11H12O4/c1-14-11(13)6-9-4-7-2-3-8(12)5-10(7)15-9/h2-3,5,9,12H,4,6H2,1H3/t9-/m0/s1. The Kier molecular flexibility index (Phi) is 2.49. The third-order valence-corrected chi connectivity index (χ3v) is 2.41. The third kappa shape index (κ3) is 2.03. The highest BCUT2D eigenvalue weighted by molar-refractivity contribution is 5.70. The van der Waals surface area contributed by atoms with Crippen molar-refractivity contribution in [1.82, 2.24) is 0 Å². The van der Waals surface area contributed by atoms with E-state index >= 15 is 0 Å². The van der Waals surface area contributed by atoms with Crippen LogP contribution in [0.5, 0.6) is 11.5 Å². The van der Waals surface area contributed by atoms with Crippen molar-refractivity contribution in [3.63, 3.8) is 0 Å². The van der Waals surface area contributed by atoms with Crippen LogP contribution < -0.4 is 4.74 Å². The Bertz CT molecular complexity index is 386. The van der Waals surface area contributed by atoms with Crippen LogP contribution in [0.4, 0.5) is 0 Å². The van der Waals surface area contributed by atoms with E-state index in [0.29, 0.717) is 12.2 Å². The van der Waals surface area contributed by atoms with Gasteiger partial charge in [-0.05, 0) is 11.6 Å². The SMILES string of the molecule is COC(=O)C[C@@H]1Cc2ccc(O)cc2O1. The van der Waals surface area contributed by atoms with Crippen LogP contribution in [0.25, 0.3) is 0 Å². The van der Waals surface area contributed by atoms with E-state index in [2.05, 4.69) is 4.74 Å².